The molecule has 1 N–H and O–H groups in total. The van der Waals surface area contributed by atoms with Crippen molar-refractivity contribution in [3.8, 4) is 0 Å². The molecule has 0 radical (unpaired) electrons. The smallest absolute Gasteiger partial charge is 0.410 e. The van der Waals surface area contributed by atoms with E-state index in [0.717, 1.165) is 45.1 Å². The van der Waals surface area contributed by atoms with Gasteiger partial charge in [0.15, 0.2) is 5.96 Å². The van der Waals surface area contributed by atoms with E-state index in [1.807, 2.05) is 20.8 Å². The molecule has 1 amide bonds. The monoisotopic (exact) mass is 444 g/mol. The fourth-order valence-corrected chi connectivity index (χ4v) is 4.21. The lowest BCUT2D eigenvalue weighted by atomic mass is 10.1. The van der Waals surface area contributed by atoms with Crippen LogP contribution in [0.2, 0.25) is 0 Å². The highest BCUT2D eigenvalue weighted by Crippen LogP contribution is 2.19. The number of benzene rings is 1. The van der Waals surface area contributed by atoms with Crippen LogP contribution in [0.3, 0.4) is 0 Å². The highest BCUT2D eigenvalue weighted by atomic mass is 16.6. The van der Waals surface area contributed by atoms with Crippen molar-refractivity contribution in [1.82, 2.24) is 15.1 Å². The zero-order valence-corrected chi connectivity index (χ0v) is 19.5. The first-order valence-corrected chi connectivity index (χ1v) is 11.7. The van der Waals surface area contributed by atoms with Crippen molar-refractivity contribution in [2.24, 2.45) is 4.99 Å². The molecule has 1 unspecified atom stereocenters. The van der Waals surface area contributed by atoms with Crippen LogP contribution >= 0.6 is 0 Å². The number of piperazine rings is 1. The van der Waals surface area contributed by atoms with Crippen LogP contribution in [0, 0.1) is 0 Å². The van der Waals surface area contributed by atoms with Gasteiger partial charge in [-0.15, -0.1) is 0 Å². The number of aliphatic imine (C=N–C) groups is 1. The minimum absolute atomic E-state index is 0.212. The van der Waals surface area contributed by atoms with Crippen LogP contribution < -0.4 is 5.32 Å². The minimum Gasteiger partial charge on any atom is -0.444 e. The SMILES string of the molecule is CC(C)(C)OC(=O)N1CCN2C(NCc3ccc(COC4CCOCC4)cc3)=NCC2C1. The van der Waals surface area contributed by atoms with Crippen molar-refractivity contribution < 1.29 is 19.0 Å². The lowest BCUT2D eigenvalue weighted by molar-refractivity contribution is -0.0390. The molecule has 8 nitrogen and oxygen atoms in total. The Balaban J connectivity index is 1.21. The number of amides is 1. The summed E-state index contributed by atoms with van der Waals surface area (Å²) in [4.78, 5) is 21.1. The Bertz CT molecular complexity index is 799. The lowest BCUT2D eigenvalue weighted by Crippen LogP contribution is -2.57. The molecule has 0 aromatic heterocycles. The predicted octanol–water partition coefficient (Wildman–Crippen LogP) is 2.76. The van der Waals surface area contributed by atoms with Crippen LogP contribution in [0.25, 0.3) is 0 Å². The Morgan fingerprint density at radius 1 is 1.16 bits per heavy atom. The van der Waals surface area contributed by atoms with E-state index in [9.17, 15) is 4.79 Å². The van der Waals surface area contributed by atoms with Crippen LogP contribution in [0.5, 0.6) is 0 Å². The molecule has 176 valence electrons. The summed E-state index contributed by atoms with van der Waals surface area (Å²) >= 11 is 0. The number of ether oxygens (including phenoxy) is 3. The number of rotatable bonds is 5. The van der Waals surface area contributed by atoms with Crippen molar-refractivity contribution >= 4 is 12.1 Å². The van der Waals surface area contributed by atoms with Crippen molar-refractivity contribution in [1.29, 1.82) is 0 Å². The van der Waals surface area contributed by atoms with E-state index in [4.69, 9.17) is 14.2 Å². The van der Waals surface area contributed by atoms with Crippen LogP contribution in [0.1, 0.15) is 44.7 Å². The Hall–Kier alpha value is -2.32. The summed E-state index contributed by atoms with van der Waals surface area (Å²) in [6.07, 6.45) is 2.04. The third kappa shape index (κ3) is 6.13. The van der Waals surface area contributed by atoms with Gasteiger partial charge < -0.3 is 29.3 Å². The summed E-state index contributed by atoms with van der Waals surface area (Å²) in [6, 6.07) is 8.76. The maximum absolute atomic E-state index is 12.4. The summed E-state index contributed by atoms with van der Waals surface area (Å²) in [5, 5.41) is 3.48. The number of hydrogen-bond donors (Lipinski definition) is 1. The van der Waals surface area contributed by atoms with Gasteiger partial charge in [0.05, 0.1) is 25.3 Å². The van der Waals surface area contributed by atoms with Crippen LogP contribution in [0.15, 0.2) is 29.3 Å². The predicted molar refractivity (Wildman–Crippen MR) is 123 cm³/mol. The lowest BCUT2D eigenvalue weighted by Gasteiger charge is -2.39. The van der Waals surface area contributed by atoms with Gasteiger partial charge in [-0.2, -0.15) is 0 Å². The number of carbonyl (C=O) groups excluding carboxylic acids is 1. The molecule has 1 atom stereocenters. The first-order valence-electron chi connectivity index (χ1n) is 11.7. The van der Waals surface area contributed by atoms with Gasteiger partial charge in [0.2, 0.25) is 0 Å². The first-order chi connectivity index (χ1) is 15.4. The summed E-state index contributed by atoms with van der Waals surface area (Å²) < 4.78 is 16.9. The van der Waals surface area contributed by atoms with E-state index in [0.29, 0.717) is 32.3 Å². The molecule has 4 rings (SSSR count). The zero-order chi connectivity index (χ0) is 22.6. The highest BCUT2D eigenvalue weighted by molar-refractivity contribution is 5.82. The number of fused-ring (bicyclic) bond motifs is 1. The minimum atomic E-state index is -0.473. The molecule has 3 heterocycles. The fourth-order valence-electron chi connectivity index (χ4n) is 4.21. The second kappa shape index (κ2) is 10.1. The van der Waals surface area contributed by atoms with Gasteiger partial charge in [0.1, 0.15) is 5.60 Å². The molecule has 0 aliphatic carbocycles. The zero-order valence-electron chi connectivity index (χ0n) is 19.5. The quantitative estimate of drug-likeness (QED) is 0.753. The second-order valence-electron chi connectivity index (χ2n) is 9.73. The maximum atomic E-state index is 12.4. The molecule has 0 bridgehead atoms. The number of hydrogen-bond acceptors (Lipinski definition) is 7. The molecule has 32 heavy (non-hydrogen) atoms. The van der Waals surface area contributed by atoms with E-state index < -0.39 is 5.60 Å². The number of carbonyl (C=O) groups is 1. The fraction of sp³-hybridized carbons (Fsp3) is 0.667. The Morgan fingerprint density at radius 2 is 1.88 bits per heavy atom. The Morgan fingerprint density at radius 3 is 2.59 bits per heavy atom. The van der Waals surface area contributed by atoms with Crippen molar-refractivity contribution in [3.05, 3.63) is 35.4 Å². The Kier molecular flexibility index (Phi) is 7.20. The van der Waals surface area contributed by atoms with Gasteiger partial charge in [0, 0.05) is 39.4 Å². The second-order valence-corrected chi connectivity index (χ2v) is 9.73. The molecule has 2 fully saturated rings. The van der Waals surface area contributed by atoms with Gasteiger partial charge >= 0.3 is 6.09 Å². The molecular formula is C24H36N4O4. The van der Waals surface area contributed by atoms with Gasteiger partial charge in [-0.05, 0) is 44.7 Å². The Labute approximate surface area is 190 Å². The molecule has 3 aliphatic rings. The largest absolute Gasteiger partial charge is 0.444 e. The third-order valence-electron chi connectivity index (χ3n) is 5.99. The third-order valence-corrected chi connectivity index (χ3v) is 5.99. The van der Waals surface area contributed by atoms with Crippen molar-refractivity contribution in [2.45, 2.75) is 64.5 Å². The molecule has 2 saturated heterocycles. The van der Waals surface area contributed by atoms with Crippen LogP contribution in [0.4, 0.5) is 4.79 Å². The molecule has 3 aliphatic heterocycles. The van der Waals surface area contributed by atoms with Crippen molar-refractivity contribution in [2.75, 3.05) is 39.4 Å². The molecular weight excluding hydrogens is 408 g/mol. The van der Waals surface area contributed by atoms with Crippen LogP contribution in [-0.2, 0) is 27.4 Å². The topological polar surface area (TPSA) is 75.6 Å². The van der Waals surface area contributed by atoms with E-state index in [1.54, 1.807) is 4.90 Å². The summed E-state index contributed by atoms with van der Waals surface area (Å²) in [7, 11) is 0. The normalized spacial score (nSPS) is 21.8. The standard InChI is InChI=1S/C24H36N4O4/c1-24(2,3)32-23(29)27-10-11-28-20(16-27)15-26-22(28)25-14-18-4-6-19(7-5-18)17-31-21-8-12-30-13-9-21/h4-7,20-21H,8-17H2,1-3H3,(H,25,26). The number of nitrogens with zero attached hydrogens (tertiary/aromatic N) is 3. The summed E-state index contributed by atoms with van der Waals surface area (Å²) in [6.45, 7) is 11.4. The molecule has 8 heteroatoms. The van der Waals surface area contributed by atoms with E-state index in [1.165, 1.54) is 11.1 Å². The van der Waals surface area contributed by atoms with Crippen molar-refractivity contribution in [3.63, 3.8) is 0 Å². The van der Waals surface area contributed by atoms with Gasteiger partial charge in [-0.1, -0.05) is 24.3 Å². The number of guanidine groups is 1. The van der Waals surface area contributed by atoms with Crippen LogP contribution in [-0.4, -0.2) is 79.0 Å². The average molecular weight is 445 g/mol. The molecule has 1 aromatic rings. The van der Waals surface area contributed by atoms with Gasteiger partial charge in [0.25, 0.3) is 0 Å². The van der Waals surface area contributed by atoms with E-state index in [2.05, 4.69) is 39.5 Å². The molecule has 1 aromatic carbocycles. The number of nitrogens with one attached hydrogen (secondary N) is 1. The maximum Gasteiger partial charge on any atom is 0.410 e. The highest BCUT2D eigenvalue weighted by Gasteiger charge is 2.36. The molecule has 0 spiro atoms. The van der Waals surface area contributed by atoms with Gasteiger partial charge in [-0.25, -0.2) is 4.79 Å². The average Bonchev–Trinajstić information content (AvgIpc) is 3.19. The first kappa shape index (κ1) is 22.9. The molecule has 0 saturated carbocycles. The summed E-state index contributed by atoms with van der Waals surface area (Å²) in [5.74, 6) is 0.922. The van der Waals surface area contributed by atoms with E-state index >= 15 is 0 Å². The van der Waals surface area contributed by atoms with Gasteiger partial charge in [-0.3, -0.25) is 4.99 Å². The van der Waals surface area contributed by atoms with E-state index in [-0.39, 0.29) is 12.1 Å². The summed E-state index contributed by atoms with van der Waals surface area (Å²) in [5.41, 5.74) is 1.93.